The number of likely N-dealkylation sites (N-methyl/N-ethyl adjacent to an activating group) is 1. The van der Waals surface area contributed by atoms with Gasteiger partial charge in [0.25, 0.3) is 0 Å². The maximum absolute atomic E-state index is 2.68. The van der Waals surface area contributed by atoms with Gasteiger partial charge in [-0.25, -0.2) is 0 Å². The number of benzene rings is 1. The highest BCUT2D eigenvalue weighted by molar-refractivity contribution is 5.50. The van der Waals surface area contributed by atoms with Crippen LogP contribution in [0.4, 0.5) is 0 Å². The molecule has 0 amide bonds. The highest BCUT2D eigenvalue weighted by Crippen LogP contribution is 2.59. The third-order valence-electron chi connectivity index (χ3n) is 8.70. The van der Waals surface area contributed by atoms with E-state index in [2.05, 4.69) is 48.2 Å². The molecule has 4 bridgehead atoms. The van der Waals surface area contributed by atoms with Gasteiger partial charge in [-0.3, -0.25) is 4.90 Å². The van der Waals surface area contributed by atoms with Crippen LogP contribution in [-0.2, 0) is 0 Å². The summed E-state index contributed by atoms with van der Waals surface area (Å²) in [7, 11) is 0. The molecule has 5 aliphatic carbocycles. The molecule has 0 spiro atoms. The van der Waals surface area contributed by atoms with Crippen LogP contribution >= 0.6 is 0 Å². The van der Waals surface area contributed by atoms with Crippen molar-refractivity contribution in [3.8, 4) is 0 Å². The second-order valence-electron chi connectivity index (χ2n) is 10.4. The molecule has 0 aliphatic heterocycles. The van der Waals surface area contributed by atoms with Gasteiger partial charge in [-0.05, 0) is 92.2 Å². The van der Waals surface area contributed by atoms with Gasteiger partial charge in [-0.2, -0.15) is 0 Å². The van der Waals surface area contributed by atoms with E-state index in [1.807, 2.05) is 0 Å². The highest BCUT2D eigenvalue weighted by atomic mass is 15.1. The lowest BCUT2D eigenvalue weighted by molar-refractivity contribution is -0.00277. The van der Waals surface area contributed by atoms with E-state index in [0.717, 1.165) is 42.2 Å². The Morgan fingerprint density at radius 2 is 1.50 bits per heavy atom. The average molecular weight is 378 g/mol. The second kappa shape index (κ2) is 8.34. The van der Waals surface area contributed by atoms with Crippen LogP contribution in [0.5, 0.6) is 0 Å². The Hall–Kier alpha value is -1.08. The summed E-state index contributed by atoms with van der Waals surface area (Å²) in [6, 6.07) is 10.5. The number of hydrogen-bond donors (Lipinski definition) is 0. The lowest BCUT2D eigenvalue weighted by Crippen LogP contribution is -2.43. The van der Waals surface area contributed by atoms with E-state index in [4.69, 9.17) is 0 Å². The molecule has 1 nitrogen and oxygen atoms in total. The van der Waals surface area contributed by atoms with Crippen molar-refractivity contribution in [3.05, 3.63) is 41.5 Å². The molecule has 5 fully saturated rings. The Kier molecular flexibility index (Phi) is 5.64. The average Bonchev–Trinajstić information content (AvgIpc) is 2.72. The fourth-order valence-electron chi connectivity index (χ4n) is 7.61. The first-order valence-electron chi connectivity index (χ1n) is 12.3. The summed E-state index contributed by atoms with van der Waals surface area (Å²) in [5.74, 6) is 5.00. The summed E-state index contributed by atoms with van der Waals surface area (Å²) in [4.78, 5) is 2.68. The van der Waals surface area contributed by atoms with Crippen LogP contribution in [0.15, 0.2) is 30.3 Å². The zero-order chi connectivity index (χ0) is 18.9. The quantitative estimate of drug-likeness (QED) is 0.521. The minimum Gasteiger partial charge on any atom is -0.297 e. The molecule has 0 N–H and O–H groups in total. The van der Waals surface area contributed by atoms with Crippen LogP contribution in [0.1, 0.15) is 88.2 Å². The molecule has 0 unspecified atom stereocenters. The molecule has 152 valence electrons. The van der Waals surface area contributed by atoms with Gasteiger partial charge in [0, 0.05) is 12.6 Å². The van der Waals surface area contributed by atoms with Crippen molar-refractivity contribution >= 4 is 6.08 Å². The van der Waals surface area contributed by atoms with Crippen molar-refractivity contribution in [2.24, 2.45) is 23.7 Å². The molecule has 1 aromatic rings. The molecule has 5 saturated carbocycles. The van der Waals surface area contributed by atoms with Gasteiger partial charge < -0.3 is 0 Å². The predicted octanol–water partition coefficient (Wildman–Crippen LogP) is 6.89. The van der Waals surface area contributed by atoms with Crippen molar-refractivity contribution < 1.29 is 0 Å². The monoisotopic (exact) mass is 377 g/mol. The Morgan fingerprint density at radius 1 is 0.857 bits per heavy atom. The van der Waals surface area contributed by atoms with Crippen LogP contribution in [0.2, 0.25) is 0 Å². The number of nitrogens with zero attached hydrogens (tertiary/aromatic N) is 1. The van der Waals surface area contributed by atoms with Gasteiger partial charge in [0.1, 0.15) is 0 Å². The number of hydrogen-bond acceptors (Lipinski definition) is 1. The van der Waals surface area contributed by atoms with E-state index in [0.29, 0.717) is 0 Å². The highest BCUT2D eigenvalue weighted by Gasteiger charge is 2.48. The summed E-state index contributed by atoms with van der Waals surface area (Å²) >= 11 is 0. The molecule has 1 aromatic carbocycles. The SMILES string of the molecule is CCN(C/C=C/c1ccc(C2C3CC4CC(C3)CC2C4)cc1)C1CCCCC1. The molecule has 5 aliphatic rings. The van der Waals surface area contributed by atoms with Gasteiger partial charge in [0.05, 0.1) is 0 Å². The Morgan fingerprint density at radius 3 is 2.11 bits per heavy atom. The van der Waals surface area contributed by atoms with Crippen LogP contribution < -0.4 is 0 Å². The lowest BCUT2D eigenvalue weighted by atomic mass is 9.51. The van der Waals surface area contributed by atoms with Gasteiger partial charge in [-0.1, -0.05) is 62.6 Å². The van der Waals surface area contributed by atoms with Crippen LogP contribution in [0.25, 0.3) is 6.08 Å². The third kappa shape index (κ3) is 3.84. The van der Waals surface area contributed by atoms with Gasteiger partial charge in [-0.15, -0.1) is 0 Å². The van der Waals surface area contributed by atoms with Crippen molar-refractivity contribution in [1.29, 1.82) is 0 Å². The van der Waals surface area contributed by atoms with E-state index >= 15 is 0 Å². The van der Waals surface area contributed by atoms with Crippen molar-refractivity contribution in [3.63, 3.8) is 0 Å². The maximum atomic E-state index is 2.68. The predicted molar refractivity (Wildman–Crippen MR) is 119 cm³/mol. The number of rotatable bonds is 6. The van der Waals surface area contributed by atoms with Gasteiger partial charge in [0.2, 0.25) is 0 Å². The lowest BCUT2D eigenvalue weighted by Gasteiger charge is -2.54. The summed E-state index contributed by atoms with van der Waals surface area (Å²) in [5.41, 5.74) is 3.02. The third-order valence-corrected chi connectivity index (χ3v) is 8.70. The van der Waals surface area contributed by atoms with Crippen molar-refractivity contribution in [2.45, 2.75) is 83.1 Å². The Labute approximate surface area is 172 Å². The van der Waals surface area contributed by atoms with E-state index in [1.165, 1.54) is 69.9 Å². The zero-order valence-electron chi connectivity index (χ0n) is 17.9. The van der Waals surface area contributed by atoms with E-state index in [1.54, 1.807) is 12.0 Å². The molecular weight excluding hydrogens is 338 g/mol. The summed E-state index contributed by atoms with van der Waals surface area (Å²) in [6.45, 7) is 4.61. The Balaban J connectivity index is 1.20. The standard InChI is InChI=1S/C27H39N/c1-2-28(26-8-4-3-5-9-26)14-6-7-20-10-12-23(13-11-20)27-24-16-21-15-22(18-24)19-25(27)17-21/h6-7,10-13,21-22,24-27H,2-5,8-9,14-19H2,1H3/b7-6+. The van der Waals surface area contributed by atoms with Crippen molar-refractivity contribution in [1.82, 2.24) is 4.90 Å². The molecule has 28 heavy (non-hydrogen) atoms. The maximum Gasteiger partial charge on any atom is 0.0169 e. The van der Waals surface area contributed by atoms with Gasteiger partial charge >= 0.3 is 0 Å². The van der Waals surface area contributed by atoms with E-state index in [9.17, 15) is 0 Å². The van der Waals surface area contributed by atoms with E-state index in [-0.39, 0.29) is 0 Å². The second-order valence-corrected chi connectivity index (χ2v) is 10.4. The minimum absolute atomic E-state index is 0.822. The molecular formula is C27H39N. The summed E-state index contributed by atoms with van der Waals surface area (Å²) in [5, 5.41) is 0. The molecule has 0 aromatic heterocycles. The molecule has 0 radical (unpaired) electrons. The fraction of sp³-hybridized carbons (Fsp3) is 0.704. The van der Waals surface area contributed by atoms with E-state index < -0.39 is 0 Å². The largest absolute Gasteiger partial charge is 0.297 e. The molecule has 0 saturated heterocycles. The molecule has 6 rings (SSSR count). The first-order valence-corrected chi connectivity index (χ1v) is 12.3. The normalized spacial score (nSPS) is 35.3. The molecule has 1 heteroatoms. The topological polar surface area (TPSA) is 3.24 Å². The van der Waals surface area contributed by atoms with Crippen molar-refractivity contribution in [2.75, 3.05) is 13.1 Å². The van der Waals surface area contributed by atoms with Crippen LogP contribution in [0, 0.1) is 23.7 Å². The van der Waals surface area contributed by atoms with Crippen LogP contribution in [0.3, 0.4) is 0 Å². The molecule has 0 atom stereocenters. The van der Waals surface area contributed by atoms with Gasteiger partial charge in [0.15, 0.2) is 0 Å². The van der Waals surface area contributed by atoms with Crippen LogP contribution in [-0.4, -0.2) is 24.0 Å². The first kappa shape index (κ1) is 18.9. The zero-order valence-corrected chi connectivity index (χ0v) is 17.9. The summed E-state index contributed by atoms with van der Waals surface area (Å²) in [6.07, 6.45) is 19.5. The Bertz CT molecular complexity index is 638. The first-order chi connectivity index (χ1) is 13.8. The smallest absolute Gasteiger partial charge is 0.0169 e. The molecule has 0 heterocycles. The summed E-state index contributed by atoms with van der Waals surface area (Å²) < 4.78 is 0. The minimum atomic E-state index is 0.822. The fourth-order valence-corrected chi connectivity index (χ4v) is 7.61.